The van der Waals surface area contributed by atoms with Crippen molar-refractivity contribution in [3.8, 4) is 11.3 Å². The lowest BCUT2D eigenvalue weighted by molar-refractivity contribution is 1.29. The van der Waals surface area contributed by atoms with Crippen LogP contribution in [0.15, 0.2) is 49.7 Å². The van der Waals surface area contributed by atoms with Crippen LogP contribution in [0.5, 0.6) is 0 Å². The number of hydrogen-bond donors (Lipinski definition) is 0. The van der Waals surface area contributed by atoms with Crippen molar-refractivity contribution in [3.05, 3.63) is 66.4 Å². The zero-order valence-corrected chi connectivity index (χ0v) is 9.98. The van der Waals surface area contributed by atoms with Crippen LogP contribution >= 0.6 is 0 Å². The summed E-state index contributed by atoms with van der Waals surface area (Å²) in [4.78, 5) is 4.47. The first kappa shape index (κ1) is 11.3. The summed E-state index contributed by atoms with van der Waals surface area (Å²) < 4.78 is 0. The summed E-state index contributed by atoms with van der Waals surface area (Å²) in [7, 11) is 0. The Kier molecular flexibility index (Phi) is 3.20. The topological polar surface area (TPSA) is 12.9 Å². The van der Waals surface area contributed by atoms with Gasteiger partial charge in [0.15, 0.2) is 0 Å². The third-order valence-corrected chi connectivity index (χ3v) is 2.85. The maximum atomic E-state index is 4.47. The Morgan fingerprint density at radius 3 is 2.47 bits per heavy atom. The molecule has 0 aliphatic carbocycles. The summed E-state index contributed by atoms with van der Waals surface area (Å²) in [6.07, 6.45) is 5.48. The molecule has 2 rings (SSSR count). The molecule has 1 aromatic carbocycles. The predicted molar refractivity (Wildman–Crippen MR) is 74.6 cm³/mol. The van der Waals surface area contributed by atoms with E-state index in [0.717, 1.165) is 22.4 Å². The molecule has 1 aromatic heterocycles. The number of aromatic nitrogens is 1. The average Bonchev–Trinajstić information content (AvgIpc) is 2.38. The lowest BCUT2D eigenvalue weighted by Crippen LogP contribution is -1.93. The SMILES string of the molecule is C=Cc1ccnc(-c2ccccc2C)c1C=C. The molecule has 84 valence electrons. The number of benzene rings is 1. The molecule has 17 heavy (non-hydrogen) atoms. The van der Waals surface area contributed by atoms with Gasteiger partial charge in [-0.2, -0.15) is 0 Å². The first-order chi connectivity index (χ1) is 8.27. The van der Waals surface area contributed by atoms with E-state index in [-0.39, 0.29) is 0 Å². The van der Waals surface area contributed by atoms with Crippen LogP contribution < -0.4 is 0 Å². The fourth-order valence-electron chi connectivity index (χ4n) is 1.93. The van der Waals surface area contributed by atoms with Gasteiger partial charge < -0.3 is 0 Å². The Hall–Kier alpha value is -2.15. The van der Waals surface area contributed by atoms with E-state index in [0.29, 0.717) is 0 Å². The molecule has 1 heterocycles. The summed E-state index contributed by atoms with van der Waals surface area (Å²) in [6, 6.07) is 10.2. The van der Waals surface area contributed by atoms with E-state index in [2.05, 4.69) is 37.2 Å². The van der Waals surface area contributed by atoms with E-state index in [9.17, 15) is 0 Å². The maximum Gasteiger partial charge on any atom is 0.0782 e. The molecule has 0 radical (unpaired) electrons. The second kappa shape index (κ2) is 4.79. The molecule has 0 aliphatic rings. The van der Waals surface area contributed by atoms with Crippen LogP contribution in [0.1, 0.15) is 16.7 Å². The van der Waals surface area contributed by atoms with Crippen LogP contribution in [0.4, 0.5) is 0 Å². The van der Waals surface area contributed by atoms with Gasteiger partial charge in [-0.15, -0.1) is 0 Å². The van der Waals surface area contributed by atoms with Gasteiger partial charge in [-0.1, -0.05) is 49.6 Å². The zero-order valence-electron chi connectivity index (χ0n) is 9.98. The number of rotatable bonds is 3. The molecule has 0 amide bonds. The normalized spacial score (nSPS) is 9.94. The standard InChI is InChI=1S/C16H15N/c1-4-13-10-11-17-16(14(13)5-2)15-9-7-6-8-12(15)3/h4-11H,1-2H2,3H3. The fourth-order valence-corrected chi connectivity index (χ4v) is 1.93. The molecule has 1 heteroatoms. The molecule has 0 atom stereocenters. The summed E-state index contributed by atoms with van der Waals surface area (Å²) in [5.41, 5.74) is 5.43. The smallest absolute Gasteiger partial charge is 0.0782 e. The van der Waals surface area contributed by atoms with Gasteiger partial charge in [0.25, 0.3) is 0 Å². The second-order valence-corrected chi connectivity index (χ2v) is 3.89. The minimum atomic E-state index is 0.968. The highest BCUT2D eigenvalue weighted by atomic mass is 14.7. The quantitative estimate of drug-likeness (QED) is 0.751. The molecule has 0 bridgehead atoms. The first-order valence-electron chi connectivity index (χ1n) is 5.58. The van der Waals surface area contributed by atoms with E-state index >= 15 is 0 Å². The van der Waals surface area contributed by atoms with Crippen LogP contribution in [0, 0.1) is 6.92 Å². The monoisotopic (exact) mass is 221 g/mol. The third-order valence-electron chi connectivity index (χ3n) is 2.85. The minimum absolute atomic E-state index is 0.968. The van der Waals surface area contributed by atoms with E-state index in [4.69, 9.17) is 0 Å². The molecule has 0 fully saturated rings. The van der Waals surface area contributed by atoms with E-state index in [1.165, 1.54) is 5.56 Å². The summed E-state index contributed by atoms with van der Waals surface area (Å²) in [6.45, 7) is 9.78. The Morgan fingerprint density at radius 2 is 1.82 bits per heavy atom. The van der Waals surface area contributed by atoms with Gasteiger partial charge in [0.2, 0.25) is 0 Å². The first-order valence-corrected chi connectivity index (χ1v) is 5.58. The van der Waals surface area contributed by atoms with Crippen molar-refractivity contribution in [1.29, 1.82) is 0 Å². The van der Waals surface area contributed by atoms with Crippen molar-refractivity contribution in [2.24, 2.45) is 0 Å². The van der Waals surface area contributed by atoms with E-state index < -0.39 is 0 Å². The molecule has 0 saturated heterocycles. The number of pyridine rings is 1. The summed E-state index contributed by atoms with van der Waals surface area (Å²) in [5, 5.41) is 0. The Balaban J connectivity index is 2.72. The Bertz CT molecular complexity index is 567. The van der Waals surface area contributed by atoms with Crippen LogP contribution in [0.25, 0.3) is 23.4 Å². The Morgan fingerprint density at radius 1 is 1.06 bits per heavy atom. The highest BCUT2D eigenvalue weighted by Crippen LogP contribution is 2.27. The van der Waals surface area contributed by atoms with Crippen LogP contribution in [-0.4, -0.2) is 4.98 Å². The third kappa shape index (κ3) is 2.04. The highest BCUT2D eigenvalue weighted by molar-refractivity contribution is 5.78. The second-order valence-electron chi connectivity index (χ2n) is 3.89. The lowest BCUT2D eigenvalue weighted by Gasteiger charge is -2.10. The van der Waals surface area contributed by atoms with Gasteiger partial charge in [0.05, 0.1) is 5.69 Å². The molecular formula is C16H15N. The number of hydrogen-bond acceptors (Lipinski definition) is 1. The largest absolute Gasteiger partial charge is 0.256 e. The molecule has 2 aromatic rings. The van der Waals surface area contributed by atoms with Gasteiger partial charge in [-0.05, 0) is 24.1 Å². The number of aryl methyl sites for hydroxylation is 1. The molecule has 0 aliphatic heterocycles. The molecule has 0 spiro atoms. The van der Waals surface area contributed by atoms with Crippen molar-refractivity contribution < 1.29 is 0 Å². The zero-order chi connectivity index (χ0) is 12.3. The lowest BCUT2D eigenvalue weighted by atomic mass is 9.98. The van der Waals surface area contributed by atoms with Crippen LogP contribution in [0.3, 0.4) is 0 Å². The molecular weight excluding hydrogens is 206 g/mol. The highest BCUT2D eigenvalue weighted by Gasteiger charge is 2.08. The van der Waals surface area contributed by atoms with Crippen LogP contribution in [0.2, 0.25) is 0 Å². The number of nitrogens with zero attached hydrogens (tertiary/aromatic N) is 1. The van der Waals surface area contributed by atoms with Crippen molar-refractivity contribution in [2.45, 2.75) is 6.92 Å². The van der Waals surface area contributed by atoms with Gasteiger partial charge in [0.1, 0.15) is 0 Å². The Labute approximate surface area is 102 Å². The van der Waals surface area contributed by atoms with Gasteiger partial charge in [-0.3, -0.25) is 4.98 Å². The molecule has 1 nitrogen and oxygen atoms in total. The van der Waals surface area contributed by atoms with Crippen LogP contribution in [-0.2, 0) is 0 Å². The van der Waals surface area contributed by atoms with Crippen molar-refractivity contribution in [2.75, 3.05) is 0 Å². The summed E-state index contributed by atoms with van der Waals surface area (Å²) >= 11 is 0. The van der Waals surface area contributed by atoms with Crippen molar-refractivity contribution >= 4 is 12.2 Å². The van der Waals surface area contributed by atoms with E-state index in [1.807, 2.05) is 36.5 Å². The molecule has 0 N–H and O–H groups in total. The van der Waals surface area contributed by atoms with Gasteiger partial charge >= 0.3 is 0 Å². The van der Waals surface area contributed by atoms with Gasteiger partial charge in [0, 0.05) is 17.3 Å². The fraction of sp³-hybridized carbons (Fsp3) is 0.0625. The predicted octanol–water partition coefficient (Wildman–Crippen LogP) is 4.34. The molecule has 0 unspecified atom stereocenters. The summed E-state index contributed by atoms with van der Waals surface area (Å²) in [5.74, 6) is 0. The van der Waals surface area contributed by atoms with Crippen molar-refractivity contribution in [3.63, 3.8) is 0 Å². The molecule has 0 saturated carbocycles. The van der Waals surface area contributed by atoms with Crippen molar-refractivity contribution in [1.82, 2.24) is 4.98 Å². The average molecular weight is 221 g/mol. The maximum absolute atomic E-state index is 4.47. The van der Waals surface area contributed by atoms with Gasteiger partial charge in [-0.25, -0.2) is 0 Å². The van der Waals surface area contributed by atoms with E-state index in [1.54, 1.807) is 0 Å². The minimum Gasteiger partial charge on any atom is -0.256 e.